The first-order chi connectivity index (χ1) is 11.5. The molecule has 8 heteroatoms. The molecule has 0 radical (unpaired) electrons. The summed E-state index contributed by atoms with van der Waals surface area (Å²) in [5.41, 5.74) is 0.389. The van der Waals surface area contributed by atoms with Crippen molar-refractivity contribution >= 4 is 11.9 Å². The highest BCUT2D eigenvalue weighted by atomic mass is 19.1. The number of ether oxygens (including phenoxy) is 1. The number of halogens is 1. The predicted octanol–water partition coefficient (Wildman–Crippen LogP) is 1.47. The number of carboxylic acid groups (broad SMARTS) is 2. The average Bonchev–Trinajstić information content (AvgIpc) is 2.50. The van der Waals surface area contributed by atoms with E-state index in [4.69, 9.17) is 14.9 Å². The zero-order valence-corrected chi connectivity index (χ0v) is 14.2. The second kappa shape index (κ2) is 8.19. The second-order valence-electron chi connectivity index (χ2n) is 6.25. The van der Waals surface area contributed by atoms with Gasteiger partial charge in [-0.15, -0.1) is 0 Å². The summed E-state index contributed by atoms with van der Waals surface area (Å²) in [6, 6.07) is 5.47. The van der Waals surface area contributed by atoms with Gasteiger partial charge in [-0.2, -0.15) is 0 Å². The van der Waals surface area contributed by atoms with Crippen LogP contribution in [0.3, 0.4) is 0 Å². The van der Waals surface area contributed by atoms with E-state index in [-0.39, 0.29) is 17.4 Å². The predicted molar refractivity (Wildman–Crippen MR) is 87.3 cm³/mol. The Morgan fingerprint density at radius 2 is 1.68 bits per heavy atom. The number of nitrogens with one attached hydrogen (secondary N) is 1. The van der Waals surface area contributed by atoms with E-state index in [1.165, 1.54) is 12.1 Å². The van der Waals surface area contributed by atoms with Gasteiger partial charge in [0.15, 0.2) is 0 Å². The Morgan fingerprint density at radius 3 is 2.08 bits per heavy atom. The number of hydrogen-bond acceptors (Lipinski definition) is 5. The lowest BCUT2D eigenvalue weighted by molar-refractivity contribution is -0.263. The standard InChI is InChI=1S/C13H18FNO2.C4H4O4/c1-9-13(16,17-8-12(2,3)15-9)10-4-6-11(14)7-5-10;5-3(6)1-2-4(7)8/h4-7,9,15-16H,8H2,1-3H3;1-2H,(H,5,6)(H,7,8)/b;2-1+/t9-,13+;/m0./s1. The van der Waals surface area contributed by atoms with Crippen LogP contribution in [0, 0.1) is 5.82 Å². The van der Waals surface area contributed by atoms with Crippen molar-refractivity contribution in [1.29, 1.82) is 0 Å². The number of morpholine rings is 1. The molecular weight excluding hydrogens is 333 g/mol. The van der Waals surface area contributed by atoms with Crippen LogP contribution < -0.4 is 5.32 Å². The summed E-state index contributed by atoms with van der Waals surface area (Å²) in [5, 5.41) is 29.4. The molecule has 4 N–H and O–H groups in total. The molecule has 1 fully saturated rings. The molecule has 1 heterocycles. The maximum absolute atomic E-state index is 12.9. The van der Waals surface area contributed by atoms with Crippen molar-refractivity contribution in [3.05, 3.63) is 47.8 Å². The van der Waals surface area contributed by atoms with E-state index in [0.717, 1.165) is 0 Å². The summed E-state index contributed by atoms with van der Waals surface area (Å²) < 4.78 is 18.5. The Labute approximate surface area is 144 Å². The highest BCUT2D eigenvalue weighted by Gasteiger charge is 2.44. The summed E-state index contributed by atoms with van der Waals surface area (Å²) in [5.74, 6) is -4.24. The number of hydrogen-bond donors (Lipinski definition) is 4. The molecule has 0 amide bonds. The molecule has 138 valence electrons. The van der Waals surface area contributed by atoms with Crippen LogP contribution in [0.2, 0.25) is 0 Å². The van der Waals surface area contributed by atoms with Gasteiger partial charge in [0.05, 0.1) is 12.6 Å². The summed E-state index contributed by atoms with van der Waals surface area (Å²) in [6.45, 7) is 6.26. The quantitative estimate of drug-likeness (QED) is 0.607. The highest BCUT2D eigenvalue weighted by Crippen LogP contribution is 2.32. The lowest BCUT2D eigenvalue weighted by Crippen LogP contribution is -2.63. The lowest BCUT2D eigenvalue weighted by atomic mass is 9.92. The largest absolute Gasteiger partial charge is 0.478 e. The first-order valence-electron chi connectivity index (χ1n) is 7.50. The maximum Gasteiger partial charge on any atom is 0.328 e. The van der Waals surface area contributed by atoms with Gasteiger partial charge in [0.25, 0.3) is 0 Å². The molecule has 0 aromatic heterocycles. The van der Waals surface area contributed by atoms with Gasteiger partial charge in [-0.1, -0.05) is 12.1 Å². The number of benzene rings is 1. The molecule has 0 saturated carbocycles. The zero-order chi connectivity index (χ0) is 19.3. The smallest absolute Gasteiger partial charge is 0.328 e. The minimum Gasteiger partial charge on any atom is -0.478 e. The molecule has 1 aromatic carbocycles. The molecular formula is C17H22FNO6. The number of aliphatic carboxylic acids is 2. The van der Waals surface area contributed by atoms with Crippen molar-refractivity contribution in [1.82, 2.24) is 5.32 Å². The third-order valence-electron chi connectivity index (χ3n) is 3.47. The van der Waals surface area contributed by atoms with Crippen molar-refractivity contribution in [2.24, 2.45) is 0 Å². The van der Waals surface area contributed by atoms with Gasteiger partial charge in [0.2, 0.25) is 5.79 Å². The first-order valence-corrected chi connectivity index (χ1v) is 7.50. The Balaban J connectivity index is 0.000000333. The van der Waals surface area contributed by atoms with E-state index >= 15 is 0 Å². The third-order valence-corrected chi connectivity index (χ3v) is 3.47. The van der Waals surface area contributed by atoms with E-state index in [9.17, 15) is 19.1 Å². The van der Waals surface area contributed by atoms with Crippen molar-refractivity contribution in [2.75, 3.05) is 6.61 Å². The van der Waals surface area contributed by atoms with Gasteiger partial charge in [-0.25, -0.2) is 14.0 Å². The fourth-order valence-electron chi connectivity index (χ4n) is 2.31. The number of carbonyl (C=O) groups is 2. The summed E-state index contributed by atoms with van der Waals surface area (Å²) in [6.07, 6.45) is 1.12. The molecule has 1 aliphatic heterocycles. The van der Waals surface area contributed by atoms with Gasteiger partial charge < -0.3 is 25.4 Å². The molecule has 2 atom stereocenters. The lowest BCUT2D eigenvalue weighted by Gasteiger charge is -2.46. The van der Waals surface area contributed by atoms with Gasteiger partial charge in [-0.3, -0.25) is 0 Å². The molecule has 1 saturated heterocycles. The van der Waals surface area contributed by atoms with Crippen molar-refractivity contribution < 1.29 is 34.0 Å². The van der Waals surface area contributed by atoms with E-state index in [1.54, 1.807) is 12.1 Å². The Morgan fingerprint density at radius 1 is 1.20 bits per heavy atom. The second-order valence-corrected chi connectivity index (χ2v) is 6.25. The Bertz CT molecular complexity index is 627. The third kappa shape index (κ3) is 6.26. The van der Waals surface area contributed by atoms with Crippen LogP contribution in [0.25, 0.3) is 0 Å². The van der Waals surface area contributed by atoms with Crippen LogP contribution in [-0.2, 0) is 20.1 Å². The molecule has 25 heavy (non-hydrogen) atoms. The summed E-state index contributed by atoms with van der Waals surface area (Å²) in [4.78, 5) is 19.1. The Hall–Kier alpha value is -2.29. The summed E-state index contributed by atoms with van der Waals surface area (Å²) >= 11 is 0. The number of rotatable bonds is 3. The fourth-order valence-corrected chi connectivity index (χ4v) is 2.31. The molecule has 7 nitrogen and oxygen atoms in total. The van der Waals surface area contributed by atoms with Crippen LogP contribution in [0.15, 0.2) is 36.4 Å². The van der Waals surface area contributed by atoms with Crippen molar-refractivity contribution in [2.45, 2.75) is 38.1 Å². The van der Waals surface area contributed by atoms with Crippen LogP contribution in [0.1, 0.15) is 26.3 Å². The van der Waals surface area contributed by atoms with Gasteiger partial charge in [-0.05, 0) is 32.9 Å². The van der Waals surface area contributed by atoms with Crippen LogP contribution in [0.5, 0.6) is 0 Å². The van der Waals surface area contributed by atoms with Gasteiger partial charge >= 0.3 is 11.9 Å². The molecule has 1 aromatic rings. The first kappa shape index (κ1) is 20.8. The highest BCUT2D eigenvalue weighted by molar-refractivity contribution is 5.89. The topological polar surface area (TPSA) is 116 Å². The SMILES string of the molecule is C[C@@H]1NC(C)(C)CO[C@@]1(O)c1ccc(F)cc1.O=C(O)/C=C/C(=O)O. The molecule has 1 aliphatic rings. The van der Waals surface area contributed by atoms with Crippen molar-refractivity contribution in [3.8, 4) is 0 Å². The van der Waals surface area contributed by atoms with Crippen LogP contribution >= 0.6 is 0 Å². The van der Waals surface area contributed by atoms with Gasteiger partial charge in [0, 0.05) is 23.3 Å². The Kier molecular flexibility index (Phi) is 6.80. The van der Waals surface area contributed by atoms with Crippen molar-refractivity contribution in [3.63, 3.8) is 0 Å². The zero-order valence-electron chi connectivity index (χ0n) is 14.2. The monoisotopic (exact) mass is 355 g/mol. The fraction of sp³-hybridized carbons (Fsp3) is 0.412. The molecule has 0 spiro atoms. The van der Waals surface area contributed by atoms with E-state index in [1.807, 2.05) is 20.8 Å². The molecule has 2 rings (SSSR count). The molecule has 0 aliphatic carbocycles. The maximum atomic E-state index is 12.9. The van der Waals surface area contributed by atoms with Gasteiger partial charge in [0.1, 0.15) is 5.82 Å². The number of aliphatic hydroxyl groups is 1. The minimum absolute atomic E-state index is 0.175. The number of carboxylic acids is 2. The minimum atomic E-state index is -1.40. The van der Waals surface area contributed by atoms with E-state index < -0.39 is 17.7 Å². The van der Waals surface area contributed by atoms with E-state index in [0.29, 0.717) is 24.3 Å². The van der Waals surface area contributed by atoms with Crippen LogP contribution in [0.4, 0.5) is 4.39 Å². The molecule has 0 bridgehead atoms. The summed E-state index contributed by atoms with van der Waals surface area (Å²) in [7, 11) is 0. The molecule has 0 unspecified atom stereocenters. The van der Waals surface area contributed by atoms with E-state index in [2.05, 4.69) is 5.32 Å². The van der Waals surface area contributed by atoms with Crippen LogP contribution in [-0.4, -0.2) is 45.4 Å². The normalized spacial score (nSPS) is 25.1. The average molecular weight is 355 g/mol.